The molecule has 0 aliphatic heterocycles. The molecule has 164 valence electrons. The molecule has 29 heavy (non-hydrogen) atoms. The van der Waals surface area contributed by atoms with Gasteiger partial charge in [0.2, 0.25) is 0 Å². The summed E-state index contributed by atoms with van der Waals surface area (Å²) in [5.74, 6) is -6.29. The maximum Gasteiger partial charge on any atom is 2.00 e. The van der Waals surface area contributed by atoms with Crippen molar-refractivity contribution >= 4 is 46.9 Å². The van der Waals surface area contributed by atoms with Crippen LogP contribution in [0, 0.1) is 11.8 Å². The molecule has 0 aliphatic rings. The molecule has 0 aromatic rings. The molecule has 0 saturated heterocycles. The third-order valence-corrected chi connectivity index (χ3v) is 4.23. The smallest absolute Gasteiger partial charge is 0.549 e. The summed E-state index contributed by atoms with van der Waals surface area (Å²) >= 11 is 0. The van der Waals surface area contributed by atoms with Gasteiger partial charge in [-0.25, -0.2) is 0 Å². The second kappa shape index (κ2) is 21.4. The van der Waals surface area contributed by atoms with Gasteiger partial charge in [0.15, 0.2) is 0 Å². The molecule has 0 heterocycles. The van der Waals surface area contributed by atoms with Crippen LogP contribution in [0.25, 0.3) is 0 Å². The first-order chi connectivity index (χ1) is 13.3. The topological polar surface area (TPSA) is 133 Å². The van der Waals surface area contributed by atoms with E-state index in [1.165, 1.54) is 14.2 Å². The molecule has 0 amide bonds. The molecule has 0 rings (SSSR count). The van der Waals surface area contributed by atoms with E-state index < -0.39 is 35.7 Å². The van der Waals surface area contributed by atoms with Gasteiger partial charge in [0.05, 0.1) is 38.0 Å². The van der Waals surface area contributed by atoms with Crippen molar-refractivity contribution in [3.05, 3.63) is 0 Å². The zero-order valence-corrected chi connectivity index (χ0v) is 19.6. The van der Waals surface area contributed by atoms with Gasteiger partial charge in [-0.05, 0) is 12.8 Å². The fourth-order valence-electron chi connectivity index (χ4n) is 2.50. The van der Waals surface area contributed by atoms with Crippen molar-refractivity contribution < 1.29 is 38.9 Å². The summed E-state index contributed by atoms with van der Waals surface area (Å²) < 4.78 is 8.74. The fourth-order valence-corrected chi connectivity index (χ4v) is 2.50. The van der Waals surface area contributed by atoms with Crippen molar-refractivity contribution in [1.82, 2.24) is 0 Å². The number of carboxylic acid groups (broad SMARTS) is 2. The Morgan fingerprint density at radius 3 is 1.17 bits per heavy atom. The largest absolute Gasteiger partial charge is 2.00 e. The van der Waals surface area contributed by atoms with Crippen molar-refractivity contribution in [3.63, 3.8) is 0 Å². The Bertz CT molecular complexity index is 425. The SMILES string of the molecule is CCCCCCC(C(=O)[O-])C(=O)OC.CCCCCCC(C(=O)[O-])C(=O)OC.[Mg+2]. The van der Waals surface area contributed by atoms with E-state index in [-0.39, 0.29) is 23.1 Å². The molecule has 9 heteroatoms. The minimum atomic E-state index is -1.34. The summed E-state index contributed by atoms with van der Waals surface area (Å²) in [6.07, 6.45) is 8.23. The molecule has 0 radical (unpaired) electrons. The monoisotopic (exact) mass is 426 g/mol. The first-order valence-corrected chi connectivity index (χ1v) is 9.83. The molecule has 0 spiro atoms. The van der Waals surface area contributed by atoms with E-state index >= 15 is 0 Å². The van der Waals surface area contributed by atoms with E-state index in [0.29, 0.717) is 12.8 Å². The normalized spacial score (nSPS) is 11.7. The van der Waals surface area contributed by atoms with E-state index in [1.807, 2.05) is 0 Å². The van der Waals surface area contributed by atoms with Gasteiger partial charge >= 0.3 is 35.0 Å². The molecule has 0 aromatic carbocycles. The number of methoxy groups -OCH3 is 2. The van der Waals surface area contributed by atoms with Crippen LogP contribution in [0.1, 0.15) is 78.1 Å². The van der Waals surface area contributed by atoms with Gasteiger partial charge in [-0.2, -0.15) is 0 Å². The molecule has 0 aliphatic carbocycles. The predicted octanol–water partition coefficient (Wildman–Crippen LogP) is 0.611. The first-order valence-electron chi connectivity index (χ1n) is 9.83. The zero-order valence-electron chi connectivity index (χ0n) is 18.2. The Hall–Kier alpha value is -1.35. The molecule has 0 saturated carbocycles. The predicted molar refractivity (Wildman–Crippen MR) is 104 cm³/mol. The van der Waals surface area contributed by atoms with Crippen LogP contribution in [-0.4, -0.2) is 61.1 Å². The van der Waals surface area contributed by atoms with Gasteiger partial charge in [-0.15, -0.1) is 0 Å². The molecule has 2 unspecified atom stereocenters. The number of esters is 2. The van der Waals surface area contributed by atoms with Crippen molar-refractivity contribution in [2.45, 2.75) is 78.1 Å². The fraction of sp³-hybridized carbons (Fsp3) is 0.800. The summed E-state index contributed by atoms with van der Waals surface area (Å²) in [6, 6.07) is 0. The van der Waals surface area contributed by atoms with Crippen molar-refractivity contribution in [2.75, 3.05) is 14.2 Å². The Kier molecular flexibility index (Phi) is 23.8. The van der Waals surface area contributed by atoms with Crippen molar-refractivity contribution in [3.8, 4) is 0 Å². The maximum atomic E-state index is 11.0. The van der Waals surface area contributed by atoms with Crippen LogP contribution in [0.15, 0.2) is 0 Å². The average molecular weight is 427 g/mol. The molecule has 0 bridgehead atoms. The van der Waals surface area contributed by atoms with Crippen molar-refractivity contribution in [1.29, 1.82) is 0 Å². The second-order valence-electron chi connectivity index (χ2n) is 6.49. The summed E-state index contributed by atoms with van der Waals surface area (Å²) in [5.41, 5.74) is 0. The number of carbonyl (C=O) groups excluding carboxylic acids is 4. The van der Waals surface area contributed by atoms with Gasteiger partial charge in [0.1, 0.15) is 0 Å². The number of aliphatic carboxylic acids is 2. The third-order valence-electron chi connectivity index (χ3n) is 4.23. The van der Waals surface area contributed by atoms with E-state index in [2.05, 4.69) is 23.3 Å². The Balaban J connectivity index is -0.000000451. The quantitative estimate of drug-likeness (QED) is 0.171. The van der Waals surface area contributed by atoms with Gasteiger partial charge in [0, 0.05) is 0 Å². The number of hydrogen-bond donors (Lipinski definition) is 0. The third kappa shape index (κ3) is 17.2. The van der Waals surface area contributed by atoms with Crippen LogP contribution in [0.5, 0.6) is 0 Å². The van der Waals surface area contributed by atoms with E-state index in [4.69, 9.17) is 0 Å². The molecular weight excluding hydrogens is 393 g/mol. The minimum Gasteiger partial charge on any atom is -0.549 e. The average Bonchev–Trinajstić information content (AvgIpc) is 2.66. The Labute approximate surface area is 189 Å². The van der Waals surface area contributed by atoms with E-state index in [9.17, 15) is 29.4 Å². The van der Waals surface area contributed by atoms with E-state index in [0.717, 1.165) is 51.4 Å². The first kappa shape index (κ1) is 32.3. The van der Waals surface area contributed by atoms with Crippen LogP contribution in [0.4, 0.5) is 0 Å². The van der Waals surface area contributed by atoms with Crippen molar-refractivity contribution in [2.24, 2.45) is 11.8 Å². The Morgan fingerprint density at radius 1 is 0.655 bits per heavy atom. The van der Waals surface area contributed by atoms with Crippen LogP contribution < -0.4 is 10.2 Å². The second-order valence-corrected chi connectivity index (χ2v) is 6.49. The van der Waals surface area contributed by atoms with Crippen LogP contribution in [-0.2, 0) is 28.7 Å². The summed E-state index contributed by atoms with van der Waals surface area (Å²) in [6.45, 7) is 4.13. The van der Waals surface area contributed by atoms with Gasteiger partial charge in [0.25, 0.3) is 0 Å². The van der Waals surface area contributed by atoms with Crippen LogP contribution in [0.2, 0.25) is 0 Å². The number of rotatable bonds is 14. The number of carboxylic acids is 2. The Morgan fingerprint density at radius 2 is 0.966 bits per heavy atom. The number of carbonyl (C=O) groups is 4. The number of ether oxygens (including phenoxy) is 2. The molecule has 0 aromatic heterocycles. The van der Waals surface area contributed by atoms with E-state index in [1.54, 1.807) is 0 Å². The standard InChI is InChI=1S/2C10H18O4.Mg/c2*1-3-4-5-6-7-8(9(11)12)10(13)14-2;/h2*8H,3-7H2,1-2H3,(H,11,12);/q;;+2/p-2. The van der Waals surface area contributed by atoms with Crippen LogP contribution >= 0.6 is 0 Å². The maximum absolute atomic E-state index is 11.0. The zero-order chi connectivity index (χ0) is 21.9. The van der Waals surface area contributed by atoms with Gasteiger partial charge in [-0.1, -0.05) is 65.2 Å². The van der Waals surface area contributed by atoms with Gasteiger partial charge in [-0.3, -0.25) is 9.59 Å². The molecule has 8 nitrogen and oxygen atoms in total. The van der Waals surface area contributed by atoms with Crippen LogP contribution in [0.3, 0.4) is 0 Å². The molecule has 0 N–H and O–H groups in total. The van der Waals surface area contributed by atoms with Gasteiger partial charge < -0.3 is 29.3 Å². The molecule has 0 fully saturated rings. The molecular formula is C20H34MgO8. The number of hydrogen-bond acceptors (Lipinski definition) is 8. The number of unbranched alkanes of at least 4 members (excludes halogenated alkanes) is 6. The summed E-state index contributed by atoms with van der Waals surface area (Å²) in [5, 5.41) is 21.1. The summed E-state index contributed by atoms with van der Waals surface area (Å²) in [4.78, 5) is 43.1. The molecule has 2 atom stereocenters. The summed E-state index contributed by atoms with van der Waals surface area (Å²) in [7, 11) is 2.37. The minimum absolute atomic E-state index is 0.